The van der Waals surface area contributed by atoms with Gasteiger partial charge in [-0.15, -0.1) is 0 Å². The molecule has 0 bridgehead atoms. The monoisotopic (exact) mass is 565 g/mol. The van der Waals surface area contributed by atoms with Crippen LogP contribution < -0.4 is 10.6 Å². The van der Waals surface area contributed by atoms with E-state index >= 15 is 0 Å². The molecule has 2 unspecified atom stereocenters. The van der Waals surface area contributed by atoms with Crippen LogP contribution in [0.3, 0.4) is 0 Å². The molecule has 2 aliphatic heterocycles. The lowest BCUT2D eigenvalue weighted by Crippen LogP contribution is -2.50. The van der Waals surface area contributed by atoms with E-state index in [2.05, 4.69) is 103 Å². The molecule has 7 heteroatoms. The molecular weight excluding hydrogens is 532 g/mol. The highest BCUT2D eigenvalue weighted by atomic mass is 31.2. The number of amides is 2. The van der Waals surface area contributed by atoms with Crippen molar-refractivity contribution in [2.45, 2.75) is 44.3 Å². The fourth-order valence-corrected chi connectivity index (χ4v) is 13.0. The topological polar surface area (TPSA) is 43.9 Å². The number of fused-ring (bicyclic) bond motifs is 1. The summed E-state index contributed by atoms with van der Waals surface area (Å²) in [5, 5.41) is 6.17. The van der Waals surface area contributed by atoms with Gasteiger partial charge in [0.2, 0.25) is 11.8 Å². The molecule has 0 N–H and O–H groups in total. The first kappa shape index (κ1) is 26.8. The van der Waals surface area contributed by atoms with Crippen LogP contribution in [0.1, 0.15) is 49.4 Å². The lowest BCUT2D eigenvalue weighted by atomic mass is 10.1. The summed E-state index contributed by atoms with van der Waals surface area (Å²) in [5.41, 5.74) is 2.14. The van der Waals surface area contributed by atoms with Crippen LogP contribution in [0.15, 0.2) is 121 Å². The van der Waals surface area contributed by atoms with Gasteiger partial charge in [0.1, 0.15) is 11.6 Å². The highest BCUT2D eigenvalue weighted by Gasteiger charge is 2.58. The Morgan fingerprint density at radius 2 is 0.975 bits per heavy atom. The average molecular weight is 566 g/mol. The molecule has 2 fully saturated rings. The molecule has 0 radical (unpaired) electrons. The van der Waals surface area contributed by atoms with Crippen molar-refractivity contribution in [1.82, 2.24) is 14.5 Å². The Morgan fingerprint density at radius 1 is 0.625 bits per heavy atom. The van der Waals surface area contributed by atoms with Crippen molar-refractivity contribution in [2.24, 2.45) is 0 Å². The van der Waals surface area contributed by atoms with Crippen molar-refractivity contribution in [3.05, 3.63) is 132 Å². The van der Waals surface area contributed by atoms with Gasteiger partial charge in [0.05, 0.1) is 0 Å². The van der Waals surface area contributed by atoms with E-state index < -0.39 is 16.1 Å². The summed E-state index contributed by atoms with van der Waals surface area (Å²) in [7, 11) is -2.11. The van der Waals surface area contributed by atoms with Crippen LogP contribution >= 0.6 is 16.1 Å². The van der Waals surface area contributed by atoms with E-state index in [1.807, 2.05) is 46.4 Å². The zero-order chi connectivity index (χ0) is 27.6. The minimum Gasteiger partial charge on any atom is -0.273 e. The largest absolute Gasteiger partial charge is 0.273 e. The summed E-state index contributed by atoms with van der Waals surface area (Å²) in [6, 6.07) is 42.2. The maximum absolute atomic E-state index is 13.8. The van der Waals surface area contributed by atoms with Crippen molar-refractivity contribution in [1.29, 1.82) is 0 Å². The van der Waals surface area contributed by atoms with Crippen LogP contribution in [0.25, 0.3) is 0 Å². The molecule has 3 atom stereocenters. The molecule has 5 nitrogen and oxygen atoms in total. The van der Waals surface area contributed by atoms with Crippen LogP contribution in [0, 0.1) is 0 Å². The van der Waals surface area contributed by atoms with Crippen molar-refractivity contribution in [3.8, 4) is 0 Å². The minimum atomic E-state index is -1.15. The molecule has 2 saturated heterocycles. The van der Waals surface area contributed by atoms with E-state index in [0.717, 1.165) is 11.1 Å². The molecule has 0 saturated carbocycles. The fourth-order valence-electron chi connectivity index (χ4n) is 5.74. The number of hydrazine groups is 1. The van der Waals surface area contributed by atoms with Gasteiger partial charge in [-0.3, -0.25) is 9.59 Å². The third kappa shape index (κ3) is 4.88. The van der Waals surface area contributed by atoms with E-state index in [1.165, 1.54) is 10.6 Å². The van der Waals surface area contributed by atoms with Gasteiger partial charge in [-0.2, -0.15) is 0 Å². The third-order valence-electron chi connectivity index (χ3n) is 7.36. The molecule has 2 heterocycles. The van der Waals surface area contributed by atoms with Crippen LogP contribution in [-0.2, 0) is 9.59 Å². The second-order valence-electron chi connectivity index (χ2n) is 10.3. The standard InChI is InChI=1S/C33H33N3O2P2/c1-25(2)36(39(28-19-11-5-12-20-28)29-21-13-6-14-22-29)40-32(26-15-7-3-8-16-26)34-30(37)23-24-31(38)35(34)33(40)27-17-9-4-10-18-27/h3-22,25,32-33H,23-24H2,1-2H3/t32-,33?,40?/m1/s1. The quantitative estimate of drug-likeness (QED) is 0.229. The van der Waals surface area contributed by atoms with Crippen molar-refractivity contribution < 1.29 is 9.59 Å². The number of hydrogen-bond donors (Lipinski definition) is 0. The molecular formula is C33H33N3O2P2. The summed E-state index contributed by atoms with van der Waals surface area (Å²) < 4.78 is 2.67. The van der Waals surface area contributed by atoms with Crippen LogP contribution in [0.2, 0.25) is 0 Å². The van der Waals surface area contributed by atoms with Gasteiger partial charge >= 0.3 is 0 Å². The molecule has 2 amide bonds. The zero-order valence-electron chi connectivity index (χ0n) is 22.7. The Bertz CT molecular complexity index is 1350. The zero-order valence-corrected chi connectivity index (χ0v) is 24.5. The van der Waals surface area contributed by atoms with Gasteiger partial charge in [-0.1, -0.05) is 121 Å². The Balaban J connectivity index is 1.63. The number of carbonyl (C=O) groups excluding carboxylic acids is 2. The third-order valence-corrected chi connectivity index (χ3v) is 13.9. The molecule has 40 heavy (non-hydrogen) atoms. The molecule has 202 valence electrons. The van der Waals surface area contributed by atoms with Crippen molar-refractivity contribution >= 4 is 38.6 Å². The fraction of sp³-hybridized carbons (Fsp3) is 0.212. The smallest absolute Gasteiger partial charge is 0.242 e. The molecule has 4 aromatic carbocycles. The van der Waals surface area contributed by atoms with Crippen molar-refractivity contribution in [2.75, 3.05) is 0 Å². The second-order valence-corrected chi connectivity index (χ2v) is 14.9. The van der Waals surface area contributed by atoms with Gasteiger partial charge < -0.3 is 0 Å². The van der Waals surface area contributed by atoms with Crippen LogP contribution in [0.5, 0.6) is 0 Å². The summed E-state index contributed by atoms with van der Waals surface area (Å²) >= 11 is 0. The molecule has 4 aromatic rings. The predicted octanol–water partition coefficient (Wildman–Crippen LogP) is 6.92. The highest BCUT2D eigenvalue weighted by molar-refractivity contribution is 7.79. The number of rotatable bonds is 7. The maximum Gasteiger partial charge on any atom is 0.242 e. The molecule has 0 spiro atoms. The van der Waals surface area contributed by atoms with E-state index in [-0.39, 0.29) is 42.3 Å². The summed E-state index contributed by atoms with van der Waals surface area (Å²) in [4.78, 5) is 27.5. The maximum atomic E-state index is 13.8. The SMILES string of the molecule is CC(C)N(P(c1ccccc1)c1ccccc1)P1C(c2ccccc2)N2C(=O)CCC(=O)N2[C@H]1c1ccccc1. The van der Waals surface area contributed by atoms with Gasteiger partial charge in [0.25, 0.3) is 0 Å². The lowest BCUT2D eigenvalue weighted by molar-refractivity contribution is -0.171. The van der Waals surface area contributed by atoms with E-state index in [9.17, 15) is 9.59 Å². The van der Waals surface area contributed by atoms with E-state index in [0.29, 0.717) is 0 Å². The molecule has 0 aromatic heterocycles. The minimum absolute atomic E-state index is 0.0202. The summed E-state index contributed by atoms with van der Waals surface area (Å²) in [5.74, 6) is -0.463. The van der Waals surface area contributed by atoms with Crippen LogP contribution in [0.4, 0.5) is 0 Å². The van der Waals surface area contributed by atoms with Gasteiger partial charge in [0.15, 0.2) is 0 Å². The number of benzene rings is 4. The van der Waals surface area contributed by atoms with Crippen molar-refractivity contribution in [3.63, 3.8) is 0 Å². The Labute approximate surface area is 239 Å². The molecule has 6 rings (SSSR count). The predicted molar refractivity (Wildman–Crippen MR) is 164 cm³/mol. The first-order chi connectivity index (χ1) is 19.6. The summed E-state index contributed by atoms with van der Waals surface area (Å²) in [6.07, 6.45) is 0.494. The average Bonchev–Trinajstić information content (AvgIpc) is 3.36. The number of nitrogens with zero attached hydrogens (tertiary/aromatic N) is 3. The van der Waals surface area contributed by atoms with Crippen LogP contribution in [-0.4, -0.2) is 32.3 Å². The Kier molecular flexibility index (Phi) is 7.80. The number of hydrogen-bond acceptors (Lipinski definition) is 3. The normalized spacial score (nSPS) is 21.0. The Morgan fingerprint density at radius 3 is 1.32 bits per heavy atom. The highest BCUT2D eigenvalue weighted by Crippen LogP contribution is 2.76. The van der Waals surface area contributed by atoms with Gasteiger partial charge in [-0.05, 0) is 35.6 Å². The van der Waals surface area contributed by atoms with E-state index in [4.69, 9.17) is 0 Å². The first-order valence-corrected chi connectivity index (χ1v) is 16.5. The Hall–Kier alpha value is -3.36. The summed E-state index contributed by atoms with van der Waals surface area (Å²) in [6.45, 7) is 4.51. The molecule has 0 aliphatic carbocycles. The van der Waals surface area contributed by atoms with Gasteiger partial charge in [-0.25, -0.2) is 14.5 Å². The van der Waals surface area contributed by atoms with E-state index in [1.54, 1.807) is 0 Å². The number of carbonyl (C=O) groups is 2. The second kappa shape index (κ2) is 11.6. The van der Waals surface area contributed by atoms with Gasteiger partial charge in [0, 0.05) is 35.0 Å². The lowest BCUT2D eigenvalue weighted by Gasteiger charge is -2.43. The molecule has 2 aliphatic rings. The first-order valence-electron chi connectivity index (χ1n) is 13.8.